The molecule has 2 saturated heterocycles. The Hall–Kier alpha value is -3.33. The van der Waals surface area contributed by atoms with Gasteiger partial charge in [0.25, 0.3) is 11.6 Å². The SMILES string of the molecule is Cc1noc2nc(-c3ccc(F)cc3)cc(C(=O)NC3CCN(C4CCOC4=O)CC3)c12. The van der Waals surface area contributed by atoms with Gasteiger partial charge in [0, 0.05) is 31.1 Å². The third kappa shape index (κ3) is 3.84. The van der Waals surface area contributed by atoms with E-state index in [1.807, 2.05) is 0 Å². The molecule has 2 aromatic heterocycles. The zero-order valence-corrected chi connectivity index (χ0v) is 17.6. The number of cyclic esters (lactones) is 1. The Morgan fingerprint density at radius 3 is 2.62 bits per heavy atom. The van der Waals surface area contributed by atoms with Gasteiger partial charge in [-0.3, -0.25) is 14.5 Å². The van der Waals surface area contributed by atoms with Gasteiger partial charge in [-0.25, -0.2) is 9.37 Å². The van der Waals surface area contributed by atoms with Crippen LogP contribution >= 0.6 is 0 Å². The standard InChI is InChI=1S/C23H23FN4O4/c1-13-20-17(12-18(26-22(20)32-27-13)14-2-4-15(24)5-3-14)21(29)25-16-6-9-28(10-7-16)19-8-11-31-23(19)30/h2-5,12,16,19H,6-11H2,1H3,(H,25,29). The number of fused-ring (bicyclic) bond motifs is 1. The molecule has 0 spiro atoms. The number of nitrogens with zero attached hydrogens (tertiary/aromatic N) is 3. The van der Waals surface area contributed by atoms with E-state index in [2.05, 4.69) is 20.4 Å². The van der Waals surface area contributed by atoms with Crippen molar-refractivity contribution in [3.8, 4) is 11.3 Å². The molecule has 1 aromatic carbocycles. The van der Waals surface area contributed by atoms with Crippen LogP contribution in [0.5, 0.6) is 0 Å². The minimum Gasteiger partial charge on any atom is -0.464 e. The van der Waals surface area contributed by atoms with Gasteiger partial charge in [-0.05, 0) is 50.1 Å². The van der Waals surface area contributed by atoms with Crippen LogP contribution in [-0.2, 0) is 9.53 Å². The summed E-state index contributed by atoms with van der Waals surface area (Å²) in [4.78, 5) is 31.7. The predicted molar refractivity (Wildman–Crippen MR) is 113 cm³/mol. The number of benzene rings is 1. The second-order valence-electron chi connectivity index (χ2n) is 8.27. The topological polar surface area (TPSA) is 97.6 Å². The smallest absolute Gasteiger partial charge is 0.323 e. The van der Waals surface area contributed by atoms with E-state index in [9.17, 15) is 14.0 Å². The van der Waals surface area contributed by atoms with Crippen LogP contribution in [0.2, 0.25) is 0 Å². The lowest BCUT2D eigenvalue weighted by Gasteiger charge is -2.34. The van der Waals surface area contributed by atoms with Gasteiger partial charge in [0.15, 0.2) is 0 Å². The van der Waals surface area contributed by atoms with E-state index in [-0.39, 0.29) is 35.5 Å². The zero-order valence-electron chi connectivity index (χ0n) is 17.6. The maximum Gasteiger partial charge on any atom is 0.323 e. The Balaban J connectivity index is 1.35. The van der Waals surface area contributed by atoms with Crippen molar-refractivity contribution in [2.75, 3.05) is 19.7 Å². The Morgan fingerprint density at radius 2 is 1.94 bits per heavy atom. The second kappa shape index (κ2) is 8.31. The van der Waals surface area contributed by atoms with Gasteiger partial charge in [0.05, 0.1) is 28.9 Å². The number of amides is 1. The summed E-state index contributed by atoms with van der Waals surface area (Å²) in [6.45, 7) is 3.70. The first kappa shape index (κ1) is 20.6. The number of likely N-dealkylation sites (tertiary alicyclic amines) is 1. The van der Waals surface area contributed by atoms with Crippen LogP contribution in [0.1, 0.15) is 35.3 Å². The van der Waals surface area contributed by atoms with Gasteiger partial charge in [-0.1, -0.05) is 5.16 Å². The van der Waals surface area contributed by atoms with Crippen LogP contribution in [0.3, 0.4) is 0 Å². The number of carbonyl (C=O) groups is 2. The van der Waals surface area contributed by atoms with E-state index in [1.165, 1.54) is 12.1 Å². The van der Waals surface area contributed by atoms with Crippen molar-refractivity contribution in [2.24, 2.45) is 0 Å². The zero-order chi connectivity index (χ0) is 22.2. The van der Waals surface area contributed by atoms with Crippen molar-refractivity contribution in [3.63, 3.8) is 0 Å². The minimum atomic E-state index is -0.347. The van der Waals surface area contributed by atoms with E-state index in [1.54, 1.807) is 25.1 Å². The van der Waals surface area contributed by atoms with Crippen LogP contribution in [0.4, 0.5) is 4.39 Å². The lowest BCUT2D eigenvalue weighted by atomic mass is 10.0. The summed E-state index contributed by atoms with van der Waals surface area (Å²) in [5.41, 5.74) is 2.46. The average Bonchev–Trinajstić information content (AvgIpc) is 3.40. The number of pyridine rings is 1. The summed E-state index contributed by atoms with van der Waals surface area (Å²) < 4.78 is 23.7. The number of halogens is 1. The molecular formula is C23H23FN4O4. The Bertz CT molecular complexity index is 1170. The van der Waals surface area contributed by atoms with Gasteiger partial charge >= 0.3 is 5.97 Å². The van der Waals surface area contributed by atoms with Crippen molar-refractivity contribution >= 4 is 23.0 Å². The highest BCUT2D eigenvalue weighted by atomic mass is 19.1. The third-order valence-corrected chi connectivity index (χ3v) is 6.21. The van der Waals surface area contributed by atoms with E-state index < -0.39 is 0 Å². The quantitative estimate of drug-likeness (QED) is 0.626. The maximum absolute atomic E-state index is 13.3. The van der Waals surface area contributed by atoms with Crippen molar-refractivity contribution in [3.05, 3.63) is 47.4 Å². The molecule has 1 atom stereocenters. The fourth-order valence-corrected chi connectivity index (χ4v) is 4.48. The number of nitrogens with one attached hydrogen (secondary N) is 1. The third-order valence-electron chi connectivity index (χ3n) is 6.21. The maximum atomic E-state index is 13.3. The summed E-state index contributed by atoms with van der Waals surface area (Å²) in [5.74, 6) is -0.728. The molecule has 5 rings (SSSR count). The number of rotatable bonds is 4. The normalized spacial score (nSPS) is 19.9. The predicted octanol–water partition coefficient (Wildman–Crippen LogP) is 2.85. The molecule has 32 heavy (non-hydrogen) atoms. The van der Waals surface area contributed by atoms with Gasteiger partial charge in [-0.15, -0.1) is 0 Å². The van der Waals surface area contributed by atoms with Gasteiger partial charge in [0.1, 0.15) is 11.9 Å². The fourth-order valence-electron chi connectivity index (χ4n) is 4.48. The molecule has 8 nitrogen and oxygen atoms in total. The number of esters is 1. The molecule has 0 saturated carbocycles. The number of piperidine rings is 1. The van der Waals surface area contributed by atoms with E-state index >= 15 is 0 Å². The summed E-state index contributed by atoms with van der Waals surface area (Å²) in [5, 5.41) is 7.65. The summed E-state index contributed by atoms with van der Waals surface area (Å²) in [6.07, 6.45) is 2.22. The van der Waals surface area contributed by atoms with Crippen LogP contribution in [0.15, 0.2) is 34.9 Å². The minimum absolute atomic E-state index is 0.00572. The van der Waals surface area contributed by atoms with E-state index in [4.69, 9.17) is 9.26 Å². The number of aromatic nitrogens is 2. The number of aryl methyl sites for hydroxylation is 1. The Morgan fingerprint density at radius 1 is 1.19 bits per heavy atom. The highest BCUT2D eigenvalue weighted by Gasteiger charge is 2.35. The largest absolute Gasteiger partial charge is 0.464 e. The highest BCUT2D eigenvalue weighted by molar-refractivity contribution is 6.07. The molecule has 9 heteroatoms. The monoisotopic (exact) mass is 438 g/mol. The highest BCUT2D eigenvalue weighted by Crippen LogP contribution is 2.28. The van der Waals surface area contributed by atoms with Crippen LogP contribution in [0.25, 0.3) is 22.4 Å². The van der Waals surface area contributed by atoms with Gasteiger partial charge in [-0.2, -0.15) is 0 Å². The van der Waals surface area contributed by atoms with Crippen molar-refractivity contribution in [1.82, 2.24) is 20.4 Å². The van der Waals surface area contributed by atoms with Crippen LogP contribution in [-0.4, -0.2) is 58.7 Å². The molecule has 4 heterocycles. The molecule has 1 amide bonds. The number of carbonyl (C=O) groups excluding carboxylic acids is 2. The number of hydrogen-bond acceptors (Lipinski definition) is 7. The molecule has 2 fully saturated rings. The van der Waals surface area contributed by atoms with Gasteiger partial charge in [0.2, 0.25) is 0 Å². The van der Waals surface area contributed by atoms with Crippen molar-refractivity contribution < 1.29 is 23.2 Å². The average molecular weight is 438 g/mol. The molecule has 2 aliphatic rings. The first-order valence-corrected chi connectivity index (χ1v) is 10.7. The van der Waals surface area contributed by atoms with Crippen LogP contribution < -0.4 is 5.32 Å². The Kier molecular flexibility index (Phi) is 5.34. The summed E-state index contributed by atoms with van der Waals surface area (Å²) >= 11 is 0. The first-order valence-electron chi connectivity index (χ1n) is 10.7. The molecule has 2 aliphatic heterocycles. The summed E-state index contributed by atoms with van der Waals surface area (Å²) in [7, 11) is 0. The van der Waals surface area contributed by atoms with Crippen molar-refractivity contribution in [2.45, 2.75) is 38.3 Å². The fraction of sp³-hybridized carbons (Fsp3) is 0.391. The Labute approximate surface area is 183 Å². The van der Waals surface area contributed by atoms with Gasteiger partial charge < -0.3 is 14.6 Å². The van der Waals surface area contributed by atoms with E-state index in [0.717, 1.165) is 32.4 Å². The molecule has 1 unspecified atom stereocenters. The lowest BCUT2D eigenvalue weighted by molar-refractivity contribution is -0.142. The first-order chi connectivity index (χ1) is 15.5. The van der Waals surface area contributed by atoms with E-state index in [0.29, 0.717) is 34.5 Å². The lowest BCUT2D eigenvalue weighted by Crippen LogP contribution is -2.49. The van der Waals surface area contributed by atoms with Crippen molar-refractivity contribution in [1.29, 1.82) is 0 Å². The number of ether oxygens (including phenoxy) is 1. The second-order valence-corrected chi connectivity index (χ2v) is 8.27. The molecule has 166 valence electrons. The molecule has 3 aromatic rings. The number of hydrogen-bond donors (Lipinski definition) is 1. The molecule has 0 bridgehead atoms. The molecular weight excluding hydrogens is 415 g/mol. The summed E-state index contributed by atoms with van der Waals surface area (Å²) in [6, 6.07) is 7.44. The molecule has 0 aliphatic carbocycles. The molecule has 1 N–H and O–H groups in total. The van der Waals surface area contributed by atoms with Crippen LogP contribution in [0, 0.1) is 12.7 Å². The molecule has 0 radical (unpaired) electrons.